The number of aromatic amines is 1. The van der Waals surface area contributed by atoms with Gasteiger partial charge in [-0.05, 0) is 75.8 Å². The van der Waals surface area contributed by atoms with Crippen LogP contribution < -0.4 is 10.6 Å². The van der Waals surface area contributed by atoms with Crippen molar-refractivity contribution in [3.05, 3.63) is 47.0 Å². The maximum absolute atomic E-state index is 15.0. The summed E-state index contributed by atoms with van der Waals surface area (Å²) in [6, 6.07) is 2.42. The highest BCUT2D eigenvalue weighted by Crippen LogP contribution is 2.51. The molecule has 2 saturated carbocycles. The van der Waals surface area contributed by atoms with E-state index < -0.39 is 23.8 Å². The van der Waals surface area contributed by atoms with E-state index in [0.29, 0.717) is 40.6 Å². The second-order valence-electron chi connectivity index (χ2n) is 9.56. The molecule has 184 valence electrons. The Bertz CT molecular complexity index is 1250. The normalized spacial score (nSPS) is 16.4. The van der Waals surface area contributed by atoms with Gasteiger partial charge in [-0.3, -0.25) is 14.7 Å². The second-order valence-corrected chi connectivity index (χ2v) is 9.56. The SMILES string of the molecule is CCc1n[nH]c(C)c1-c1ccc(NC(=O)[C@@H](NC(=O)c2conc2C)C(C2CC2)C2CC2)nc1F. The lowest BCUT2D eigenvalue weighted by Gasteiger charge is -2.27. The number of amides is 2. The highest BCUT2D eigenvalue weighted by atomic mass is 19.1. The third-order valence-electron chi connectivity index (χ3n) is 7.01. The topological polar surface area (TPSA) is 126 Å². The number of H-pyrrole nitrogens is 1. The number of nitrogens with one attached hydrogen (secondary N) is 3. The van der Waals surface area contributed by atoms with Crippen molar-refractivity contribution in [2.75, 3.05) is 5.32 Å². The molecule has 2 aliphatic carbocycles. The van der Waals surface area contributed by atoms with Crippen LogP contribution in [0.25, 0.3) is 11.1 Å². The minimum Gasteiger partial charge on any atom is -0.364 e. The van der Waals surface area contributed by atoms with Crippen molar-refractivity contribution in [1.82, 2.24) is 25.7 Å². The molecule has 3 N–H and O–H groups in total. The van der Waals surface area contributed by atoms with Gasteiger partial charge in [0.25, 0.3) is 5.91 Å². The summed E-state index contributed by atoms with van der Waals surface area (Å²) in [5.74, 6) is -0.581. The monoisotopic (exact) mass is 480 g/mol. The molecule has 0 unspecified atom stereocenters. The molecular weight excluding hydrogens is 451 g/mol. The molecule has 2 fully saturated rings. The van der Waals surface area contributed by atoms with E-state index in [1.54, 1.807) is 19.1 Å². The number of carbonyl (C=O) groups is 2. The number of aromatic nitrogens is 4. The molecule has 35 heavy (non-hydrogen) atoms. The standard InChI is InChI=1S/C25H29FN6O3/c1-4-18-20(13(3)30-31-18)16-9-10-19(27-23(16)26)28-25(34)22(21(14-5-6-14)15-7-8-15)29-24(33)17-11-35-32-12(17)2/h9-11,14-15,21-22H,4-8H2,1-3H3,(H,29,33)(H,30,31)(H,27,28,34)/t22-/m0/s1. The van der Waals surface area contributed by atoms with Crippen molar-refractivity contribution in [1.29, 1.82) is 0 Å². The maximum atomic E-state index is 15.0. The smallest absolute Gasteiger partial charge is 0.257 e. The largest absolute Gasteiger partial charge is 0.364 e. The quantitative estimate of drug-likeness (QED) is 0.398. The van der Waals surface area contributed by atoms with Crippen molar-refractivity contribution in [3.63, 3.8) is 0 Å². The molecule has 3 aromatic heterocycles. The van der Waals surface area contributed by atoms with Gasteiger partial charge in [-0.2, -0.15) is 9.49 Å². The Morgan fingerprint density at radius 1 is 1.20 bits per heavy atom. The van der Waals surface area contributed by atoms with E-state index in [2.05, 4.69) is 31.0 Å². The Labute approximate surface area is 202 Å². The highest BCUT2D eigenvalue weighted by Gasteiger charge is 2.48. The highest BCUT2D eigenvalue weighted by molar-refractivity contribution is 6.01. The molecule has 10 heteroatoms. The Kier molecular flexibility index (Phi) is 6.12. The van der Waals surface area contributed by atoms with Crippen LogP contribution >= 0.6 is 0 Å². The maximum Gasteiger partial charge on any atom is 0.257 e. The Morgan fingerprint density at radius 3 is 2.49 bits per heavy atom. The molecular formula is C25H29FN6O3. The van der Waals surface area contributed by atoms with Crippen LogP contribution in [-0.4, -0.2) is 38.2 Å². The molecule has 5 rings (SSSR count). The number of pyridine rings is 1. The van der Waals surface area contributed by atoms with Gasteiger partial charge in [-0.15, -0.1) is 0 Å². The number of aryl methyl sites for hydroxylation is 3. The number of rotatable bonds is 9. The molecule has 9 nitrogen and oxygen atoms in total. The van der Waals surface area contributed by atoms with E-state index in [1.807, 2.05) is 13.8 Å². The third kappa shape index (κ3) is 4.69. The number of hydrogen-bond donors (Lipinski definition) is 3. The van der Waals surface area contributed by atoms with Gasteiger partial charge < -0.3 is 15.2 Å². The number of anilines is 1. The lowest BCUT2D eigenvalue weighted by Crippen LogP contribution is -2.50. The first-order chi connectivity index (χ1) is 16.9. The van der Waals surface area contributed by atoms with Gasteiger partial charge in [-0.25, -0.2) is 4.98 Å². The summed E-state index contributed by atoms with van der Waals surface area (Å²) in [7, 11) is 0. The molecule has 0 bridgehead atoms. The number of nitrogens with zero attached hydrogens (tertiary/aromatic N) is 3. The minimum absolute atomic E-state index is 0.0314. The number of carbonyl (C=O) groups excluding carboxylic acids is 2. The van der Waals surface area contributed by atoms with Crippen LogP contribution in [0.4, 0.5) is 10.2 Å². The number of halogens is 1. The van der Waals surface area contributed by atoms with Crippen LogP contribution in [-0.2, 0) is 11.2 Å². The summed E-state index contributed by atoms with van der Waals surface area (Å²) >= 11 is 0. The summed E-state index contributed by atoms with van der Waals surface area (Å²) in [6.45, 7) is 5.45. The van der Waals surface area contributed by atoms with E-state index >= 15 is 4.39 Å². The Balaban J connectivity index is 1.39. The fraction of sp³-hybridized carbons (Fsp3) is 0.480. The molecule has 2 amide bonds. The van der Waals surface area contributed by atoms with Gasteiger partial charge in [0, 0.05) is 16.8 Å². The predicted octanol–water partition coefficient (Wildman–Crippen LogP) is 3.95. The average molecular weight is 481 g/mol. The molecule has 0 aliphatic heterocycles. The van der Waals surface area contributed by atoms with Crippen molar-refractivity contribution >= 4 is 17.6 Å². The van der Waals surface area contributed by atoms with Crippen LogP contribution in [0.5, 0.6) is 0 Å². The Morgan fingerprint density at radius 2 is 1.91 bits per heavy atom. The third-order valence-corrected chi connectivity index (χ3v) is 7.01. The molecule has 1 atom stereocenters. The molecule has 2 aliphatic rings. The Hall–Kier alpha value is -3.56. The van der Waals surface area contributed by atoms with Crippen LogP contribution in [0, 0.1) is 37.5 Å². The van der Waals surface area contributed by atoms with E-state index in [0.717, 1.165) is 37.1 Å². The van der Waals surface area contributed by atoms with E-state index in [4.69, 9.17) is 4.52 Å². The first kappa shape index (κ1) is 23.2. The van der Waals surface area contributed by atoms with Crippen molar-refractivity contribution in [3.8, 4) is 11.1 Å². The van der Waals surface area contributed by atoms with Crippen LogP contribution in [0.2, 0.25) is 0 Å². The van der Waals surface area contributed by atoms with Gasteiger partial charge in [0.05, 0.1) is 11.4 Å². The summed E-state index contributed by atoms with van der Waals surface area (Å²) in [5, 5.41) is 16.5. The summed E-state index contributed by atoms with van der Waals surface area (Å²) in [6.07, 6.45) is 6.09. The van der Waals surface area contributed by atoms with Gasteiger partial charge >= 0.3 is 0 Å². The average Bonchev–Trinajstić information content (AvgIpc) is 3.76. The molecule has 3 heterocycles. The van der Waals surface area contributed by atoms with Crippen LogP contribution in [0.1, 0.15) is 60.0 Å². The second kappa shape index (κ2) is 9.24. The minimum atomic E-state index is -0.760. The van der Waals surface area contributed by atoms with Gasteiger partial charge in [-0.1, -0.05) is 12.1 Å². The fourth-order valence-electron chi connectivity index (χ4n) is 4.94. The summed E-state index contributed by atoms with van der Waals surface area (Å²) in [5.41, 5.74) is 3.27. The predicted molar refractivity (Wildman–Crippen MR) is 126 cm³/mol. The molecule has 0 spiro atoms. The zero-order valence-corrected chi connectivity index (χ0v) is 20.0. The number of hydrogen-bond acceptors (Lipinski definition) is 6. The van der Waals surface area contributed by atoms with Crippen molar-refractivity contribution in [2.45, 2.75) is 58.9 Å². The zero-order chi connectivity index (χ0) is 24.7. The van der Waals surface area contributed by atoms with E-state index in [9.17, 15) is 9.59 Å². The van der Waals surface area contributed by atoms with E-state index in [-0.39, 0.29) is 11.7 Å². The molecule has 3 aromatic rings. The van der Waals surface area contributed by atoms with Crippen molar-refractivity contribution < 1.29 is 18.5 Å². The molecule has 0 radical (unpaired) electrons. The molecule has 0 saturated heterocycles. The van der Waals surface area contributed by atoms with Crippen molar-refractivity contribution in [2.24, 2.45) is 17.8 Å². The lowest BCUT2D eigenvalue weighted by molar-refractivity contribution is -0.119. The summed E-state index contributed by atoms with van der Waals surface area (Å²) in [4.78, 5) is 30.4. The zero-order valence-electron chi connectivity index (χ0n) is 20.0. The van der Waals surface area contributed by atoms with Gasteiger partial charge in [0.1, 0.15) is 23.7 Å². The first-order valence-electron chi connectivity index (χ1n) is 12.1. The van der Waals surface area contributed by atoms with Crippen LogP contribution in [0.3, 0.4) is 0 Å². The summed E-state index contributed by atoms with van der Waals surface area (Å²) < 4.78 is 19.9. The van der Waals surface area contributed by atoms with Gasteiger partial charge in [0.15, 0.2) is 0 Å². The first-order valence-corrected chi connectivity index (χ1v) is 12.1. The fourth-order valence-corrected chi connectivity index (χ4v) is 4.94. The van der Waals surface area contributed by atoms with E-state index in [1.165, 1.54) is 6.26 Å². The molecule has 0 aromatic carbocycles. The lowest BCUT2D eigenvalue weighted by atomic mass is 9.88. The van der Waals surface area contributed by atoms with Gasteiger partial charge in [0.2, 0.25) is 11.9 Å². The van der Waals surface area contributed by atoms with Crippen LogP contribution in [0.15, 0.2) is 22.9 Å².